The molecular formula is C20H20N2O4. The van der Waals surface area contributed by atoms with E-state index in [4.69, 9.17) is 9.26 Å². The maximum atomic E-state index is 12.4. The molecule has 134 valence electrons. The Kier molecular flexibility index (Phi) is 5.31. The highest BCUT2D eigenvalue weighted by molar-refractivity contribution is 5.96. The van der Waals surface area contributed by atoms with Gasteiger partial charge in [-0.3, -0.25) is 4.79 Å². The van der Waals surface area contributed by atoms with Crippen LogP contribution in [0.15, 0.2) is 47.0 Å². The zero-order chi connectivity index (χ0) is 18.5. The van der Waals surface area contributed by atoms with Gasteiger partial charge >= 0.3 is 5.97 Å². The number of benzene rings is 2. The van der Waals surface area contributed by atoms with E-state index in [-0.39, 0.29) is 12.3 Å². The molecule has 6 heteroatoms. The maximum Gasteiger partial charge on any atom is 0.338 e. The number of nitrogens with zero attached hydrogens (tertiary/aromatic N) is 1. The van der Waals surface area contributed by atoms with E-state index in [1.807, 2.05) is 32.0 Å². The summed E-state index contributed by atoms with van der Waals surface area (Å²) in [6.07, 6.45) is 0.842. The Morgan fingerprint density at radius 3 is 2.85 bits per heavy atom. The number of carbonyl (C=O) groups is 2. The minimum absolute atomic E-state index is 0.0843. The fourth-order valence-electron chi connectivity index (χ4n) is 2.59. The summed E-state index contributed by atoms with van der Waals surface area (Å²) in [6, 6.07) is 12.4. The molecule has 0 saturated heterocycles. The number of rotatable bonds is 6. The number of anilines is 1. The van der Waals surface area contributed by atoms with Crippen molar-refractivity contribution in [1.82, 2.24) is 5.16 Å². The lowest BCUT2D eigenvalue weighted by molar-refractivity contribution is -0.115. The van der Waals surface area contributed by atoms with Crippen molar-refractivity contribution in [2.75, 3.05) is 11.9 Å². The summed E-state index contributed by atoms with van der Waals surface area (Å²) in [7, 11) is 0. The lowest BCUT2D eigenvalue weighted by Gasteiger charge is -2.07. The molecule has 0 saturated carbocycles. The third-order valence-electron chi connectivity index (χ3n) is 3.85. The van der Waals surface area contributed by atoms with Crippen LogP contribution in [0.1, 0.15) is 35.0 Å². The second kappa shape index (κ2) is 7.82. The van der Waals surface area contributed by atoms with E-state index in [0.29, 0.717) is 29.1 Å². The van der Waals surface area contributed by atoms with Gasteiger partial charge in [0.1, 0.15) is 5.69 Å². The Morgan fingerprint density at radius 2 is 2.04 bits per heavy atom. The predicted octanol–water partition coefficient (Wildman–Crippen LogP) is 3.88. The largest absolute Gasteiger partial charge is 0.462 e. The third-order valence-corrected chi connectivity index (χ3v) is 3.85. The number of hydrogen-bond donors (Lipinski definition) is 1. The molecule has 3 rings (SSSR count). The fraction of sp³-hybridized carbons (Fsp3) is 0.250. The van der Waals surface area contributed by atoms with Crippen LogP contribution in [-0.4, -0.2) is 23.6 Å². The molecule has 1 aromatic heterocycles. The molecule has 0 spiro atoms. The fourth-order valence-corrected chi connectivity index (χ4v) is 2.59. The molecule has 0 bridgehead atoms. The molecule has 0 atom stereocenters. The summed E-state index contributed by atoms with van der Waals surface area (Å²) in [6.45, 7) is 4.27. The number of aromatic nitrogens is 1. The van der Waals surface area contributed by atoms with Crippen LogP contribution in [0.3, 0.4) is 0 Å². The van der Waals surface area contributed by atoms with Gasteiger partial charge in [-0.1, -0.05) is 29.8 Å². The van der Waals surface area contributed by atoms with Gasteiger partial charge in [0.25, 0.3) is 0 Å². The molecule has 2 aromatic carbocycles. The van der Waals surface area contributed by atoms with Crippen molar-refractivity contribution in [1.29, 1.82) is 0 Å². The molecule has 0 fully saturated rings. The molecule has 0 aliphatic rings. The standard InChI is InChI=1S/C20H20N2O4/c1-3-9-25-20(24)14-5-4-6-15(11-14)21-19(23)12-17-16-10-13(2)7-8-18(16)26-22-17/h4-8,10-11H,3,9,12H2,1-2H3,(H,21,23). The highest BCUT2D eigenvalue weighted by Gasteiger charge is 2.14. The van der Waals surface area contributed by atoms with Gasteiger partial charge in [0, 0.05) is 11.1 Å². The van der Waals surface area contributed by atoms with E-state index in [1.165, 1.54) is 0 Å². The molecular weight excluding hydrogens is 332 g/mol. The van der Waals surface area contributed by atoms with Crippen LogP contribution in [0, 0.1) is 6.92 Å². The van der Waals surface area contributed by atoms with Crippen molar-refractivity contribution in [3.63, 3.8) is 0 Å². The van der Waals surface area contributed by atoms with Crippen molar-refractivity contribution in [3.05, 3.63) is 59.3 Å². The van der Waals surface area contributed by atoms with Gasteiger partial charge in [-0.2, -0.15) is 0 Å². The Hall–Kier alpha value is -3.15. The van der Waals surface area contributed by atoms with Gasteiger partial charge in [0.2, 0.25) is 5.91 Å². The minimum Gasteiger partial charge on any atom is -0.462 e. The summed E-state index contributed by atoms with van der Waals surface area (Å²) < 4.78 is 10.4. The topological polar surface area (TPSA) is 81.4 Å². The van der Waals surface area contributed by atoms with E-state index < -0.39 is 5.97 Å². The quantitative estimate of drug-likeness (QED) is 0.681. The van der Waals surface area contributed by atoms with Crippen molar-refractivity contribution in [2.45, 2.75) is 26.7 Å². The molecule has 6 nitrogen and oxygen atoms in total. The van der Waals surface area contributed by atoms with Crippen LogP contribution in [-0.2, 0) is 16.0 Å². The second-order valence-corrected chi connectivity index (χ2v) is 6.07. The first kappa shape index (κ1) is 17.7. The number of ether oxygens (including phenoxy) is 1. The Balaban J connectivity index is 1.70. The molecule has 3 aromatic rings. The van der Waals surface area contributed by atoms with Crippen LogP contribution >= 0.6 is 0 Å². The summed E-state index contributed by atoms with van der Waals surface area (Å²) in [5, 5.41) is 7.60. The summed E-state index contributed by atoms with van der Waals surface area (Å²) in [5.74, 6) is -0.637. The monoisotopic (exact) mass is 352 g/mol. The van der Waals surface area contributed by atoms with Gasteiger partial charge in [0.15, 0.2) is 5.58 Å². The molecule has 0 unspecified atom stereocenters. The van der Waals surface area contributed by atoms with Crippen LogP contribution in [0.2, 0.25) is 0 Å². The minimum atomic E-state index is -0.402. The first-order chi connectivity index (χ1) is 12.6. The predicted molar refractivity (Wildman–Crippen MR) is 98.1 cm³/mol. The lowest BCUT2D eigenvalue weighted by Crippen LogP contribution is -2.15. The number of carbonyl (C=O) groups excluding carboxylic acids is 2. The average molecular weight is 352 g/mol. The lowest BCUT2D eigenvalue weighted by atomic mass is 10.1. The van der Waals surface area contributed by atoms with Gasteiger partial charge < -0.3 is 14.6 Å². The molecule has 1 amide bonds. The van der Waals surface area contributed by atoms with E-state index in [0.717, 1.165) is 17.4 Å². The average Bonchev–Trinajstić information content (AvgIpc) is 3.01. The number of hydrogen-bond acceptors (Lipinski definition) is 5. The smallest absolute Gasteiger partial charge is 0.338 e. The molecule has 1 heterocycles. The second-order valence-electron chi connectivity index (χ2n) is 6.07. The zero-order valence-corrected chi connectivity index (χ0v) is 14.7. The normalized spacial score (nSPS) is 10.7. The maximum absolute atomic E-state index is 12.4. The Bertz CT molecular complexity index is 946. The number of aryl methyl sites for hydroxylation is 1. The van der Waals surface area contributed by atoms with Crippen LogP contribution < -0.4 is 5.32 Å². The first-order valence-corrected chi connectivity index (χ1v) is 8.48. The Morgan fingerprint density at radius 1 is 1.19 bits per heavy atom. The molecule has 26 heavy (non-hydrogen) atoms. The first-order valence-electron chi connectivity index (χ1n) is 8.48. The highest BCUT2D eigenvalue weighted by atomic mass is 16.5. The van der Waals surface area contributed by atoms with Gasteiger partial charge in [-0.25, -0.2) is 4.79 Å². The molecule has 1 N–H and O–H groups in total. The van der Waals surface area contributed by atoms with Crippen molar-refractivity contribution in [2.24, 2.45) is 0 Å². The van der Waals surface area contributed by atoms with E-state index in [2.05, 4.69) is 10.5 Å². The van der Waals surface area contributed by atoms with Crippen molar-refractivity contribution >= 4 is 28.5 Å². The van der Waals surface area contributed by atoms with Gasteiger partial charge in [0.05, 0.1) is 18.6 Å². The number of esters is 1. The highest BCUT2D eigenvalue weighted by Crippen LogP contribution is 2.21. The van der Waals surface area contributed by atoms with E-state index >= 15 is 0 Å². The van der Waals surface area contributed by atoms with Crippen LogP contribution in [0.5, 0.6) is 0 Å². The summed E-state index contributed by atoms with van der Waals surface area (Å²) in [5.41, 5.74) is 3.24. The van der Waals surface area contributed by atoms with Gasteiger partial charge in [-0.05, 0) is 43.7 Å². The SMILES string of the molecule is CCCOC(=O)c1cccc(NC(=O)Cc2noc3ccc(C)cc23)c1. The number of nitrogens with one attached hydrogen (secondary N) is 1. The van der Waals surface area contributed by atoms with Crippen LogP contribution in [0.4, 0.5) is 5.69 Å². The van der Waals surface area contributed by atoms with E-state index in [1.54, 1.807) is 24.3 Å². The van der Waals surface area contributed by atoms with Gasteiger partial charge in [-0.15, -0.1) is 0 Å². The van der Waals surface area contributed by atoms with Crippen molar-refractivity contribution in [3.8, 4) is 0 Å². The molecule has 0 aliphatic carbocycles. The number of fused-ring (bicyclic) bond motifs is 1. The molecule has 0 radical (unpaired) electrons. The van der Waals surface area contributed by atoms with Crippen molar-refractivity contribution < 1.29 is 18.8 Å². The third kappa shape index (κ3) is 4.08. The summed E-state index contributed by atoms with van der Waals surface area (Å²) in [4.78, 5) is 24.3. The molecule has 0 aliphatic heterocycles. The summed E-state index contributed by atoms with van der Waals surface area (Å²) >= 11 is 0. The van der Waals surface area contributed by atoms with E-state index in [9.17, 15) is 9.59 Å². The zero-order valence-electron chi connectivity index (χ0n) is 14.7. The van der Waals surface area contributed by atoms with Crippen LogP contribution in [0.25, 0.3) is 11.0 Å². The number of amides is 1. The Labute approximate surface area is 151 Å².